The van der Waals surface area contributed by atoms with Crippen LogP contribution in [0.1, 0.15) is 53.6 Å². The average molecular weight is 487 g/mol. The fourth-order valence-electron chi connectivity index (χ4n) is 8.03. The fraction of sp³-hybridized carbons (Fsp3) is 0.483. The molecule has 2 aliphatic heterocycles. The van der Waals surface area contributed by atoms with Gasteiger partial charge in [-0.2, -0.15) is 0 Å². The third kappa shape index (κ3) is 2.57. The Labute approximate surface area is 209 Å². The topological polar surface area (TPSA) is 95.2 Å². The Balaban J connectivity index is 1.20. The van der Waals surface area contributed by atoms with Crippen LogP contribution < -0.4 is 10.1 Å². The van der Waals surface area contributed by atoms with Crippen LogP contribution in [0.5, 0.6) is 11.5 Å². The number of piperidine rings is 1. The molecule has 3 aliphatic carbocycles. The first-order valence-electron chi connectivity index (χ1n) is 13.2. The normalized spacial score (nSPS) is 34.3. The number of carbonyl (C=O) groups excluding carboxylic acids is 1. The lowest BCUT2D eigenvalue weighted by Gasteiger charge is -2.64. The van der Waals surface area contributed by atoms with Crippen molar-refractivity contribution in [1.82, 2.24) is 10.2 Å². The van der Waals surface area contributed by atoms with Gasteiger partial charge >= 0.3 is 0 Å². The van der Waals surface area contributed by atoms with Crippen LogP contribution in [0.2, 0.25) is 0 Å². The Morgan fingerprint density at radius 1 is 1.14 bits per heavy atom. The van der Waals surface area contributed by atoms with Gasteiger partial charge in [-0.3, -0.25) is 9.69 Å². The Hall–Kier alpha value is -3.03. The average Bonchev–Trinajstić information content (AvgIpc) is 3.46. The molecule has 5 atom stereocenters. The highest BCUT2D eigenvalue weighted by atomic mass is 16.5. The molecule has 1 saturated heterocycles. The van der Waals surface area contributed by atoms with Gasteiger partial charge in [0.15, 0.2) is 11.5 Å². The maximum Gasteiger partial charge on any atom is 0.255 e. The minimum absolute atomic E-state index is 0.0235. The number of hydrogen-bond acceptors (Lipinski definition) is 6. The predicted molar refractivity (Wildman–Crippen MR) is 132 cm³/mol. The molecule has 3 heterocycles. The zero-order valence-corrected chi connectivity index (χ0v) is 20.1. The Morgan fingerprint density at radius 3 is 2.86 bits per heavy atom. The maximum atomic E-state index is 13.5. The molecule has 3 fully saturated rings. The number of benzene rings is 2. The molecule has 7 nitrogen and oxygen atoms in total. The quantitative estimate of drug-likeness (QED) is 0.523. The third-order valence-corrected chi connectivity index (χ3v) is 9.80. The summed E-state index contributed by atoms with van der Waals surface area (Å²) in [6.07, 6.45) is 6.36. The first-order valence-corrected chi connectivity index (χ1v) is 13.2. The molecular formula is C29H30N2O5. The Kier molecular flexibility index (Phi) is 4.13. The molecule has 1 amide bonds. The molecular weight excluding hydrogens is 456 g/mol. The summed E-state index contributed by atoms with van der Waals surface area (Å²) in [5.74, 6) is 1.16. The van der Waals surface area contributed by atoms with Crippen molar-refractivity contribution in [1.29, 1.82) is 0 Å². The molecule has 1 spiro atoms. The van der Waals surface area contributed by atoms with Crippen LogP contribution in [0.3, 0.4) is 0 Å². The van der Waals surface area contributed by atoms with Gasteiger partial charge < -0.3 is 24.7 Å². The largest absolute Gasteiger partial charge is 0.504 e. The van der Waals surface area contributed by atoms with Gasteiger partial charge in [0.2, 0.25) is 0 Å². The third-order valence-electron chi connectivity index (χ3n) is 9.80. The zero-order chi connectivity index (χ0) is 24.2. The van der Waals surface area contributed by atoms with Crippen molar-refractivity contribution < 1.29 is 24.2 Å². The summed E-state index contributed by atoms with van der Waals surface area (Å²) in [4.78, 5) is 16.0. The lowest BCUT2D eigenvalue weighted by molar-refractivity contribution is -0.191. The minimum atomic E-state index is -0.958. The number of carbonyl (C=O) groups is 1. The van der Waals surface area contributed by atoms with E-state index in [9.17, 15) is 15.0 Å². The van der Waals surface area contributed by atoms with Crippen molar-refractivity contribution >= 4 is 16.9 Å². The molecule has 186 valence electrons. The molecule has 36 heavy (non-hydrogen) atoms. The van der Waals surface area contributed by atoms with E-state index in [-0.39, 0.29) is 23.7 Å². The number of hydrogen-bond donors (Lipinski definition) is 3. The van der Waals surface area contributed by atoms with Gasteiger partial charge in [-0.25, -0.2) is 0 Å². The van der Waals surface area contributed by atoms with E-state index in [2.05, 4.69) is 10.2 Å². The number of phenolic OH excluding ortho intramolecular Hbond substituents is 1. The number of para-hydroxylation sites is 1. The van der Waals surface area contributed by atoms with Crippen LogP contribution in [0.25, 0.3) is 11.0 Å². The standard InChI is InChI=1S/C29H30N2O5/c32-21-8-7-17-13-23-29(34)10-9-20(30-27(33)19-15-35-22-4-2-1-3-18(19)22)26-28(29,24(17)25(21)36-26)11-12-31(23)14-16-5-6-16/h1-4,7-8,15-16,20,23,26,32,34H,5-6,9-14H2,(H,30,33)/t20-,23-,26+,28+,29-/m1/s1. The molecule has 5 aliphatic rings. The highest BCUT2D eigenvalue weighted by Crippen LogP contribution is 2.65. The van der Waals surface area contributed by atoms with Gasteiger partial charge in [0.05, 0.1) is 22.6 Å². The molecule has 3 aromatic rings. The van der Waals surface area contributed by atoms with Crippen molar-refractivity contribution in [2.24, 2.45) is 5.92 Å². The minimum Gasteiger partial charge on any atom is -0.504 e. The van der Waals surface area contributed by atoms with Crippen LogP contribution in [0.15, 0.2) is 47.1 Å². The van der Waals surface area contributed by atoms with E-state index >= 15 is 0 Å². The summed E-state index contributed by atoms with van der Waals surface area (Å²) in [5, 5.41) is 27.4. The molecule has 2 aromatic carbocycles. The molecule has 0 radical (unpaired) electrons. The lowest BCUT2D eigenvalue weighted by Crippen LogP contribution is -2.78. The van der Waals surface area contributed by atoms with E-state index in [0.717, 1.165) is 48.4 Å². The van der Waals surface area contributed by atoms with E-state index in [0.29, 0.717) is 29.7 Å². The predicted octanol–water partition coefficient (Wildman–Crippen LogP) is 3.50. The van der Waals surface area contributed by atoms with Gasteiger partial charge in [-0.1, -0.05) is 24.3 Å². The zero-order valence-electron chi connectivity index (χ0n) is 20.1. The van der Waals surface area contributed by atoms with Crippen molar-refractivity contribution in [2.75, 3.05) is 13.1 Å². The van der Waals surface area contributed by atoms with E-state index in [4.69, 9.17) is 9.15 Å². The first-order chi connectivity index (χ1) is 17.5. The van der Waals surface area contributed by atoms with E-state index in [1.165, 1.54) is 19.1 Å². The van der Waals surface area contributed by atoms with Gasteiger partial charge in [0.1, 0.15) is 18.0 Å². The van der Waals surface area contributed by atoms with Crippen LogP contribution in [-0.2, 0) is 11.8 Å². The molecule has 0 unspecified atom stereocenters. The number of phenols is 1. The van der Waals surface area contributed by atoms with Gasteiger partial charge in [0, 0.05) is 23.5 Å². The molecule has 7 heteroatoms. The number of nitrogens with zero attached hydrogens (tertiary/aromatic N) is 1. The highest BCUT2D eigenvalue weighted by Gasteiger charge is 2.73. The second-order valence-corrected chi connectivity index (χ2v) is 11.6. The van der Waals surface area contributed by atoms with Crippen molar-refractivity contribution in [3.8, 4) is 11.5 Å². The monoisotopic (exact) mass is 486 g/mol. The van der Waals surface area contributed by atoms with Crippen LogP contribution in [0.4, 0.5) is 0 Å². The van der Waals surface area contributed by atoms with Gasteiger partial charge in [-0.15, -0.1) is 0 Å². The van der Waals surface area contributed by atoms with E-state index in [1.807, 2.05) is 30.3 Å². The van der Waals surface area contributed by atoms with Crippen molar-refractivity contribution in [3.05, 3.63) is 59.4 Å². The van der Waals surface area contributed by atoms with Crippen LogP contribution >= 0.6 is 0 Å². The second kappa shape index (κ2) is 7.05. The SMILES string of the molecule is O=C(N[C@@H]1CC[C@@]2(O)[C@H]3Cc4ccc(O)c5c4[C@@]2(CCN3CC2CC2)[C@H]1O5)c1coc2ccccc12. The number of likely N-dealkylation sites (tertiary alicyclic amines) is 1. The summed E-state index contributed by atoms with van der Waals surface area (Å²) in [6, 6.07) is 11.0. The fourth-order valence-corrected chi connectivity index (χ4v) is 8.03. The second-order valence-electron chi connectivity index (χ2n) is 11.6. The Bertz CT molecular complexity index is 1410. The molecule has 8 rings (SSSR count). The maximum absolute atomic E-state index is 13.5. The molecule has 1 aromatic heterocycles. The number of nitrogens with one attached hydrogen (secondary N) is 1. The molecule has 2 saturated carbocycles. The summed E-state index contributed by atoms with van der Waals surface area (Å²) < 4.78 is 12.2. The number of amides is 1. The molecule has 2 bridgehead atoms. The molecule has 3 N–H and O–H groups in total. The van der Waals surface area contributed by atoms with Crippen molar-refractivity contribution in [3.63, 3.8) is 0 Å². The lowest BCUT2D eigenvalue weighted by atomic mass is 9.48. The number of ether oxygens (including phenoxy) is 1. The van der Waals surface area contributed by atoms with E-state index < -0.39 is 17.1 Å². The summed E-state index contributed by atoms with van der Waals surface area (Å²) in [5.41, 5.74) is 1.72. The number of aromatic hydroxyl groups is 1. The van der Waals surface area contributed by atoms with E-state index in [1.54, 1.807) is 6.07 Å². The van der Waals surface area contributed by atoms with Crippen molar-refractivity contribution in [2.45, 2.75) is 67.7 Å². The van der Waals surface area contributed by atoms with Gasteiger partial charge in [-0.05, 0) is 68.7 Å². The first kappa shape index (κ1) is 21.1. The van der Waals surface area contributed by atoms with Gasteiger partial charge in [0.25, 0.3) is 5.91 Å². The van der Waals surface area contributed by atoms with Crippen LogP contribution in [0, 0.1) is 5.92 Å². The smallest absolute Gasteiger partial charge is 0.255 e. The number of aliphatic hydroxyl groups is 1. The summed E-state index contributed by atoms with van der Waals surface area (Å²) in [6.45, 7) is 1.94. The van der Waals surface area contributed by atoms with Crippen LogP contribution in [-0.4, -0.2) is 57.9 Å². The number of fused-ring (bicyclic) bond motifs is 1. The number of furan rings is 1. The highest BCUT2D eigenvalue weighted by molar-refractivity contribution is 6.06. The number of rotatable bonds is 4. The summed E-state index contributed by atoms with van der Waals surface area (Å²) >= 11 is 0. The Morgan fingerprint density at radius 2 is 2.00 bits per heavy atom. The summed E-state index contributed by atoms with van der Waals surface area (Å²) in [7, 11) is 0.